The summed E-state index contributed by atoms with van der Waals surface area (Å²) < 4.78 is 5.12. The Labute approximate surface area is 107 Å². The molecule has 1 amide bonds. The molecule has 1 aromatic rings. The summed E-state index contributed by atoms with van der Waals surface area (Å²) in [6.07, 6.45) is 2.00. The van der Waals surface area contributed by atoms with E-state index in [1.807, 2.05) is 20.8 Å². The van der Waals surface area contributed by atoms with Gasteiger partial charge in [-0.15, -0.1) is 0 Å². The molecule has 5 heteroatoms. The zero-order chi connectivity index (χ0) is 13.1. The Morgan fingerprint density at radius 3 is 2.59 bits per heavy atom. The highest BCUT2D eigenvalue weighted by molar-refractivity contribution is 7.80. The lowest BCUT2D eigenvalue weighted by atomic mass is 10.0. The Kier molecular flexibility index (Phi) is 4.28. The number of nitrogens with two attached hydrogens (primary N) is 1. The van der Waals surface area contributed by atoms with Crippen LogP contribution in [0.4, 0.5) is 0 Å². The first kappa shape index (κ1) is 13.7. The predicted molar refractivity (Wildman–Crippen MR) is 70.9 cm³/mol. The van der Waals surface area contributed by atoms with E-state index in [0.717, 1.165) is 0 Å². The van der Waals surface area contributed by atoms with Gasteiger partial charge in [-0.05, 0) is 32.9 Å². The molecule has 0 atom stereocenters. The van der Waals surface area contributed by atoms with Gasteiger partial charge in [-0.2, -0.15) is 0 Å². The minimum atomic E-state index is -0.297. The average Bonchev–Trinajstić information content (AvgIpc) is 2.67. The molecule has 0 unspecified atom stereocenters. The molecule has 2 N–H and O–H groups in total. The highest BCUT2D eigenvalue weighted by Crippen LogP contribution is 2.18. The van der Waals surface area contributed by atoms with Crippen LogP contribution in [0.3, 0.4) is 0 Å². The van der Waals surface area contributed by atoms with Gasteiger partial charge in [0.25, 0.3) is 5.91 Å². The number of hydrogen-bond donors (Lipinski definition) is 1. The highest BCUT2D eigenvalue weighted by Gasteiger charge is 2.28. The van der Waals surface area contributed by atoms with Gasteiger partial charge in [0.15, 0.2) is 5.76 Å². The molecule has 0 radical (unpaired) electrons. The van der Waals surface area contributed by atoms with Crippen LogP contribution >= 0.6 is 12.2 Å². The summed E-state index contributed by atoms with van der Waals surface area (Å²) in [6.45, 7) is 6.40. The van der Waals surface area contributed by atoms with E-state index in [0.29, 0.717) is 23.7 Å². The van der Waals surface area contributed by atoms with E-state index in [-0.39, 0.29) is 11.4 Å². The van der Waals surface area contributed by atoms with Crippen molar-refractivity contribution < 1.29 is 9.21 Å². The lowest BCUT2D eigenvalue weighted by Crippen LogP contribution is -2.46. The van der Waals surface area contributed by atoms with Crippen LogP contribution in [0.5, 0.6) is 0 Å². The molecule has 0 aliphatic rings. The van der Waals surface area contributed by atoms with Gasteiger partial charge in [0.2, 0.25) is 0 Å². The summed E-state index contributed by atoms with van der Waals surface area (Å²) in [5.41, 5.74) is 5.18. The lowest BCUT2D eigenvalue weighted by molar-refractivity contribution is 0.0558. The number of nitrogens with zero attached hydrogens (tertiary/aromatic N) is 1. The van der Waals surface area contributed by atoms with Crippen LogP contribution in [0.15, 0.2) is 22.8 Å². The van der Waals surface area contributed by atoms with Crippen LogP contribution in [0.25, 0.3) is 0 Å². The van der Waals surface area contributed by atoms with Crippen molar-refractivity contribution in [3.8, 4) is 0 Å². The number of thiocarbonyl (C=S) groups is 1. The van der Waals surface area contributed by atoms with Crippen molar-refractivity contribution in [3.05, 3.63) is 24.2 Å². The van der Waals surface area contributed by atoms with Crippen LogP contribution in [0, 0.1) is 0 Å². The first-order valence-corrected chi connectivity index (χ1v) is 5.87. The van der Waals surface area contributed by atoms with E-state index in [9.17, 15) is 4.79 Å². The Morgan fingerprint density at radius 2 is 2.18 bits per heavy atom. The van der Waals surface area contributed by atoms with Crippen LogP contribution in [0.2, 0.25) is 0 Å². The van der Waals surface area contributed by atoms with Crippen LogP contribution in [-0.2, 0) is 0 Å². The molecule has 94 valence electrons. The van der Waals surface area contributed by atoms with Gasteiger partial charge in [-0.25, -0.2) is 0 Å². The highest BCUT2D eigenvalue weighted by atomic mass is 32.1. The van der Waals surface area contributed by atoms with Crippen molar-refractivity contribution >= 4 is 23.1 Å². The molecule has 1 heterocycles. The number of furan rings is 1. The Balaban J connectivity index is 2.84. The molecule has 0 aromatic carbocycles. The summed E-state index contributed by atoms with van der Waals surface area (Å²) in [6, 6.07) is 3.35. The summed E-state index contributed by atoms with van der Waals surface area (Å²) in [5.74, 6) is 0.196. The maximum absolute atomic E-state index is 12.2. The molecule has 0 spiro atoms. The van der Waals surface area contributed by atoms with Gasteiger partial charge >= 0.3 is 0 Å². The van der Waals surface area contributed by atoms with Crippen molar-refractivity contribution in [2.75, 3.05) is 6.54 Å². The number of rotatable bonds is 4. The van der Waals surface area contributed by atoms with Gasteiger partial charge in [-0.3, -0.25) is 4.79 Å². The SMILES string of the molecule is CC(C)(C)N(CCC(N)=S)C(=O)c1ccco1. The fourth-order valence-electron chi connectivity index (χ4n) is 1.50. The number of carbonyl (C=O) groups excluding carboxylic acids is 1. The molecule has 1 rings (SSSR count). The Morgan fingerprint density at radius 1 is 1.53 bits per heavy atom. The lowest BCUT2D eigenvalue weighted by Gasteiger charge is -2.35. The molecule has 4 nitrogen and oxygen atoms in total. The molecular formula is C12H18N2O2S. The number of carbonyl (C=O) groups is 1. The van der Waals surface area contributed by atoms with E-state index < -0.39 is 0 Å². The largest absolute Gasteiger partial charge is 0.459 e. The third-order valence-corrected chi connectivity index (χ3v) is 2.57. The minimum Gasteiger partial charge on any atom is -0.459 e. The second kappa shape index (κ2) is 5.31. The van der Waals surface area contributed by atoms with Crippen molar-refractivity contribution in [1.82, 2.24) is 4.90 Å². The first-order valence-electron chi connectivity index (χ1n) is 5.46. The van der Waals surface area contributed by atoms with Crippen LogP contribution < -0.4 is 5.73 Å². The third kappa shape index (κ3) is 3.85. The van der Waals surface area contributed by atoms with Crippen molar-refractivity contribution in [3.63, 3.8) is 0 Å². The molecule has 0 bridgehead atoms. The van der Waals surface area contributed by atoms with E-state index in [1.165, 1.54) is 6.26 Å². The van der Waals surface area contributed by atoms with Gasteiger partial charge in [0.05, 0.1) is 11.3 Å². The zero-order valence-corrected chi connectivity index (χ0v) is 11.2. The van der Waals surface area contributed by atoms with E-state index in [2.05, 4.69) is 0 Å². The van der Waals surface area contributed by atoms with Gasteiger partial charge < -0.3 is 15.1 Å². The molecule has 0 saturated heterocycles. The molecule has 0 fully saturated rings. The molecule has 17 heavy (non-hydrogen) atoms. The molecule has 1 aromatic heterocycles. The van der Waals surface area contributed by atoms with Crippen LogP contribution in [0.1, 0.15) is 37.7 Å². The van der Waals surface area contributed by atoms with Crippen molar-refractivity contribution in [1.29, 1.82) is 0 Å². The number of amides is 1. The maximum Gasteiger partial charge on any atom is 0.289 e. The van der Waals surface area contributed by atoms with Gasteiger partial charge in [-0.1, -0.05) is 12.2 Å². The average molecular weight is 254 g/mol. The third-order valence-electron chi connectivity index (χ3n) is 2.37. The fraction of sp³-hybridized carbons (Fsp3) is 0.500. The topological polar surface area (TPSA) is 59.5 Å². The van der Waals surface area contributed by atoms with Gasteiger partial charge in [0, 0.05) is 18.5 Å². The summed E-state index contributed by atoms with van der Waals surface area (Å²) in [4.78, 5) is 14.3. The molecule has 0 aliphatic heterocycles. The summed E-state index contributed by atoms with van der Waals surface area (Å²) in [7, 11) is 0. The second-order valence-electron chi connectivity index (χ2n) is 4.82. The van der Waals surface area contributed by atoms with Crippen molar-refractivity contribution in [2.24, 2.45) is 5.73 Å². The molecule has 0 saturated carbocycles. The second-order valence-corrected chi connectivity index (χ2v) is 5.35. The van der Waals surface area contributed by atoms with Crippen LogP contribution in [-0.4, -0.2) is 27.9 Å². The van der Waals surface area contributed by atoms with E-state index in [4.69, 9.17) is 22.4 Å². The summed E-state index contributed by atoms with van der Waals surface area (Å²) in [5, 5.41) is 0. The van der Waals surface area contributed by atoms with E-state index in [1.54, 1.807) is 17.0 Å². The molecule has 0 aliphatic carbocycles. The monoisotopic (exact) mass is 254 g/mol. The smallest absolute Gasteiger partial charge is 0.289 e. The normalized spacial score (nSPS) is 11.2. The number of hydrogen-bond acceptors (Lipinski definition) is 3. The van der Waals surface area contributed by atoms with Crippen molar-refractivity contribution in [2.45, 2.75) is 32.7 Å². The predicted octanol–water partition coefficient (Wildman–Crippen LogP) is 2.20. The van der Waals surface area contributed by atoms with Gasteiger partial charge in [0.1, 0.15) is 0 Å². The standard InChI is InChI=1S/C12H18N2O2S/c1-12(2,3)14(7-6-10(13)17)11(15)9-5-4-8-16-9/h4-5,8H,6-7H2,1-3H3,(H2,13,17). The molecular weight excluding hydrogens is 236 g/mol. The minimum absolute atomic E-state index is 0.140. The first-order chi connectivity index (χ1) is 7.82. The zero-order valence-electron chi connectivity index (χ0n) is 10.4. The maximum atomic E-state index is 12.2. The fourth-order valence-corrected chi connectivity index (χ4v) is 1.59. The van der Waals surface area contributed by atoms with E-state index >= 15 is 0 Å². The Hall–Kier alpha value is -1.36. The summed E-state index contributed by atoms with van der Waals surface area (Å²) >= 11 is 4.84. The Bertz CT molecular complexity index is 393. The quantitative estimate of drug-likeness (QED) is 0.837.